The molecule has 0 heterocycles. The van der Waals surface area contributed by atoms with Crippen molar-refractivity contribution in [2.45, 2.75) is 0 Å². The van der Waals surface area contributed by atoms with Gasteiger partial charge in [-0.2, -0.15) is 0 Å². The summed E-state index contributed by atoms with van der Waals surface area (Å²) in [6.07, 6.45) is 0. The van der Waals surface area contributed by atoms with Crippen molar-refractivity contribution in [2.75, 3.05) is 0 Å². The number of phenolic OH excluding ortho intramolecular Hbond substituents is 1. The van der Waals surface area contributed by atoms with E-state index in [1.54, 1.807) is 18.2 Å². The Morgan fingerprint density at radius 2 is 1.44 bits per heavy atom. The summed E-state index contributed by atoms with van der Waals surface area (Å²) in [5, 5.41) is 9.34. The van der Waals surface area contributed by atoms with Crippen molar-refractivity contribution in [3.8, 4) is 17.2 Å². The first-order valence-electron chi connectivity index (χ1n) is 4.78. The SMILES string of the molecule is Oc1ccc(Oc2c(Br)cc(Br)cc2Br)c(Br)c1. The summed E-state index contributed by atoms with van der Waals surface area (Å²) in [4.78, 5) is 0. The van der Waals surface area contributed by atoms with Gasteiger partial charge in [-0.3, -0.25) is 0 Å². The molecule has 0 saturated carbocycles. The third-order valence-corrected chi connectivity index (χ3v) is 4.35. The second-order valence-electron chi connectivity index (χ2n) is 3.42. The van der Waals surface area contributed by atoms with Crippen molar-refractivity contribution in [3.05, 3.63) is 48.2 Å². The van der Waals surface area contributed by atoms with Crippen LogP contribution in [0.1, 0.15) is 0 Å². The monoisotopic (exact) mass is 498 g/mol. The minimum atomic E-state index is 0.183. The molecule has 0 fully saturated rings. The molecule has 2 aromatic carbocycles. The Kier molecular flexibility index (Phi) is 4.75. The molecule has 0 saturated heterocycles. The van der Waals surface area contributed by atoms with Crippen LogP contribution in [0.3, 0.4) is 0 Å². The molecule has 2 aromatic rings. The van der Waals surface area contributed by atoms with Gasteiger partial charge in [0.05, 0.1) is 13.4 Å². The molecule has 2 rings (SSSR count). The highest BCUT2D eigenvalue weighted by molar-refractivity contribution is 9.11. The van der Waals surface area contributed by atoms with Crippen molar-refractivity contribution in [3.63, 3.8) is 0 Å². The van der Waals surface area contributed by atoms with Crippen LogP contribution in [-0.4, -0.2) is 5.11 Å². The molecule has 0 aliphatic heterocycles. The molecule has 0 aromatic heterocycles. The Labute approximate surface area is 138 Å². The fourth-order valence-corrected chi connectivity index (χ4v) is 4.18. The van der Waals surface area contributed by atoms with Crippen LogP contribution < -0.4 is 4.74 Å². The number of ether oxygens (including phenoxy) is 1. The summed E-state index contributed by atoms with van der Waals surface area (Å²) < 4.78 is 9.08. The lowest BCUT2D eigenvalue weighted by molar-refractivity contribution is 0.459. The maximum Gasteiger partial charge on any atom is 0.155 e. The summed E-state index contributed by atoms with van der Waals surface area (Å²) in [7, 11) is 0. The highest BCUT2D eigenvalue weighted by Gasteiger charge is 2.11. The number of phenols is 1. The maximum atomic E-state index is 9.34. The van der Waals surface area contributed by atoms with Gasteiger partial charge in [-0.25, -0.2) is 0 Å². The molecular formula is C12H6Br4O2. The van der Waals surface area contributed by atoms with Crippen LogP contribution in [0.15, 0.2) is 48.2 Å². The van der Waals surface area contributed by atoms with Crippen molar-refractivity contribution < 1.29 is 9.84 Å². The molecular weight excluding hydrogens is 496 g/mol. The normalized spacial score (nSPS) is 10.4. The van der Waals surface area contributed by atoms with Crippen LogP contribution in [0.5, 0.6) is 17.2 Å². The van der Waals surface area contributed by atoms with Crippen LogP contribution in [0, 0.1) is 0 Å². The second-order valence-corrected chi connectivity index (χ2v) is 6.89. The quantitative estimate of drug-likeness (QED) is 0.528. The van der Waals surface area contributed by atoms with Gasteiger partial charge in [-0.15, -0.1) is 0 Å². The number of aromatic hydroxyl groups is 1. The zero-order valence-corrected chi connectivity index (χ0v) is 15.1. The molecule has 0 unspecified atom stereocenters. The lowest BCUT2D eigenvalue weighted by Crippen LogP contribution is -1.88. The molecule has 0 aliphatic carbocycles. The Balaban J connectivity index is 2.40. The predicted molar refractivity (Wildman–Crippen MR) is 85.4 cm³/mol. The Hall–Kier alpha value is -0.0400. The van der Waals surface area contributed by atoms with Crippen molar-refractivity contribution in [1.29, 1.82) is 0 Å². The summed E-state index contributed by atoms with van der Waals surface area (Å²) in [6.45, 7) is 0. The summed E-state index contributed by atoms with van der Waals surface area (Å²) in [5.74, 6) is 1.48. The molecule has 1 N–H and O–H groups in total. The third-order valence-electron chi connectivity index (χ3n) is 2.09. The van der Waals surface area contributed by atoms with E-state index in [9.17, 15) is 5.11 Å². The highest BCUT2D eigenvalue weighted by Crippen LogP contribution is 2.41. The van der Waals surface area contributed by atoms with Gasteiger partial charge in [-0.1, -0.05) is 15.9 Å². The number of hydrogen-bond donors (Lipinski definition) is 1. The standard InChI is InChI=1S/C12H6Br4O2/c13-6-3-9(15)12(10(16)4-6)18-11-2-1-7(17)5-8(11)14/h1-5,17H. The average molecular weight is 502 g/mol. The zero-order chi connectivity index (χ0) is 13.3. The summed E-state index contributed by atoms with van der Waals surface area (Å²) in [5.41, 5.74) is 0. The van der Waals surface area contributed by atoms with E-state index >= 15 is 0 Å². The van der Waals surface area contributed by atoms with Crippen LogP contribution >= 0.6 is 63.7 Å². The molecule has 18 heavy (non-hydrogen) atoms. The molecule has 0 spiro atoms. The van der Waals surface area contributed by atoms with Gasteiger partial charge in [0.15, 0.2) is 5.75 Å². The molecule has 2 nitrogen and oxygen atoms in total. The number of halogens is 4. The number of benzene rings is 2. The number of rotatable bonds is 2. The van der Waals surface area contributed by atoms with E-state index < -0.39 is 0 Å². The third kappa shape index (κ3) is 3.29. The van der Waals surface area contributed by atoms with Gasteiger partial charge >= 0.3 is 0 Å². The lowest BCUT2D eigenvalue weighted by Gasteiger charge is -2.12. The Morgan fingerprint density at radius 3 is 2.00 bits per heavy atom. The predicted octanol–water partition coefficient (Wildman–Crippen LogP) is 6.23. The number of hydrogen-bond acceptors (Lipinski definition) is 2. The fourth-order valence-electron chi connectivity index (χ4n) is 1.31. The molecule has 6 heteroatoms. The van der Waals surface area contributed by atoms with Gasteiger partial charge in [0.2, 0.25) is 0 Å². The summed E-state index contributed by atoms with van der Waals surface area (Å²) in [6, 6.07) is 8.64. The van der Waals surface area contributed by atoms with Crippen LogP contribution in [0.2, 0.25) is 0 Å². The van der Waals surface area contributed by atoms with E-state index in [-0.39, 0.29) is 5.75 Å². The molecule has 0 aliphatic rings. The van der Waals surface area contributed by atoms with Crippen molar-refractivity contribution >= 4 is 63.7 Å². The molecule has 0 atom stereocenters. The van der Waals surface area contributed by atoms with Crippen LogP contribution in [0.25, 0.3) is 0 Å². The highest BCUT2D eigenvalue weighted by atomic mass is 79.9. The van der Waals surface area contributed by atoms with Crippen LogP contribution in [0.4, 0.5) is 0 Å². The van der Waals surface area contributed by atoms with E-state index in [0.717, 1.165) is 13.4 Å². The van der Waals surface area contributed by atoms with E-state index in [1.807, 2.05) is 12.1 Å². The van der Waals surface area contributed by atoms with Gasteiger partial charge < -0.3 is 9.84 Å². The Bertz CT molecular complexity index is 576. The summed E-state index contributed by atoms with van der Waals surface area (Å²) >= 11 is 13.6. The first kappa shape index (κ1) is 14.4. The van der Waals surface area contributed by atoms with Crippen molar-refractivity contribution in [1.82, 2.24) is 0 Å². The van der Waals surface area contributed by atoms with E-state index in [1.165, 1.54) is 0 Å². The molecule has 0 bridgehead atoms. The first-order valence-corrected chi connectivity index (χ1v) is 7.95. The first-order chi connectivity index (χ1) is 8.47. The van der Waals surface area contributed by atoms with Gasteiger partial charge in [-0.05, 0) is 78.1 Å². The van der Waals surface area contributed by atoms with Gasteiger partial charge in [0, 0.05) is 4.47 Å². The van der Waals surface area contributed by atoms with E-state index in [4.69, 9.17) is 4.74 Å². The molecule has 0 amide bonds. The lowest BCUT2D eigenvalue weighted by atomic mass is 10.3. The maximum absolute atomic E-state index is 9.34. The van der Waals surface area contributed by atoms with Crippen molar-refractivity contribution in [2.24, 2.45) is 0 Å². The van der Waals surface area contributed by atoms with E-state index in [0.29, 0.717) is 16.0 Å². The minimum absolute atomic E-state index is 0.183. The molecule has 0 radical (unpaired) electrons. The fraction of sp³-hybridized carbons (Fsp3) is 0. The largest absolute Gasteiger partial charge is 0.508 e. The smallest absolute Gasteiger partial charge is 0.155 e. The van der Waals surface area contributed by atoms with E-state index in [2.05, 4.69) is 63.7 Å². The topological polar surface area (TPSA) is 29.5 Å². The Morgan fingerprint density at radius 1 is 0.833 bits per heavy atom. The van der Waals surface area contributed by atoms with Gasteiger partial charge in [0.25, 0.3) is 0 Å². The minimum Gasteiger partial charge on any atom is -0.508 e. The second kappa shape index (κ2) is 5.94. The average Bonchev–Trinajstić information content (AvgIpc) is 2.25. The van der Waals surface area contributed by atoms with Gasteiger partial charge in [0.1, 0.15) is 11.5 Å². The van der Waals surface area contributed by atoms with Crippen LogP contribution in [-0.2, 0) is 0 Å². The zero-order valence-electron chi connectivity index (χ0n) is 8.75. The molecule has 94 valence electrons.